The highest BCUT2D eigenvalue weighted by Crippen LogP contribution is 2.28. The molecular formula is C10H10P2. The zero-order chi connectivity index (χ0) is 8.23. The van der Waals surface area contributed by atoms with E-state index in [-0.39, 0.29) is 0 Å². The van der Waals surface area contributed by atoms with Crippen molar-refractivity contribution in [3.63, 3.8) is 0 Å². The summed E-state index contributed by atoms with van der Waals surface area (Å²) < 4.78 is 0. The van der Waals surface area contributed by atoms with E-state index < -0.39 is 0 Å². The number of hydrogen-bond donors (Lipinski definition) is 0. The van der Waals surface area contributed by atoms with E-state index >= 15 is 0 Å². The molecule has 1 unspecified atom stereocenters. The third kappa shape index (κ3) is 1.97. The quantitative estimate of drug-likeness (QED) is 0.677. The van der Waals surface area contributed by atoms with Crippen molar-refractivity contribution in [2.24, 2.45) is 0 Å². The van der Waals surface area contributed by atoms with Crippen molar-refractivity contribution in [2.45, 2.75) is 6.42 Å². The van der Waals surface area contributed by atoms with E-state index in [4.69, 9.17) is 0 Å². The Morgan fingerprint density at radius 3 is 2.58 bits per heavy atom. The lowest BCUT2D eigenvalue weighted by atomic mass is 10.1. The molecule has 60 valence electrons. The average Bonchev–Trinajstić information content (AvgIpc) is 2.59. The fourth-order valence-electron chi connectivity index (χ4n) is 1.20. The van der Waals surface area contributed by atoms with Crippen LogP contribution < -0.4 is 0 Å². The zero-order valence-corrected chi connectivity index (χ0v) is 8.59. The van der Waals surface area contributed by atoms with Crippen LogP contribution in [0.25, 0.3) is 0 Å². The van der Waals surface area contributed by atoms with Gasteiger partial charge in [-0.1, -0.05) is 38.2 Å². The SMILES string of the molecule is c1ccc(Cc2ccp[pH]2)cc1. The molecule has 0 aliphatic carbocycles. The summed E-state index contributed by atoms with van der Waals surface area (Å²) in [4.78, 5) is 0. The second-order valence-corrected chi connectivity index (χ2v) is 5.61. The summed E-state index contributed by atoms with van der Waals surface area (Å²) in [7, 11) is 2.48. The molecule has 0 spiro atoms. The van der Waals surface area contributed by atoms with Crippen LogP contribution in [-0.4, -0.2) is 0 Å². The molecule has 0 aliphatic rings. The van der Waals surface area contributed by atoms with Gasteiger partial charge in [-0.3, -0.25) is 0 Å². The summed E-state index contributed by atoms with van der Waals surface area (Å²) in [5, 5.41) is 1.59. The second kappa shape index (κ2) is 3.90. The van der Waals surface area contributed by atoms with Crippen LogP contribution in [0.4, 0.5) is 0 Å². The second-order valence-electron chi connectivity index (χ2n) is 2.74. The lowest BCUT2D eigenvalue weighted by Gasteiger charge is -1.96. The molecule has 2 aromatic rings. The van der Waals surface area contributed by atoms with Crippen LogP contribution in [0.5, 0.6) is 0 Å². The van der Waals surface area contributed by atoms with Crippen LogP contribution in [-0.2, 0) is 6.42 Å². The maximum atomic E-state index is 2.27. The van der Waals surface area contributed by atoms with E-state index in [1.165, 1.54) is 13.4 Å². The molecule has 0 bridgehead atoms. The molecule has 2 heteroatoms. The highest BCUT2D eigenvalue weighted by Gasteiger charge is 1.93. The van der Waals surface area contributed by atoms with Gasteiger partial charge < -0.3 is 0 Å². The summed E-state index contributed by atoms with van der Waals surface area (Å²) in [5.74, 6) is 2.25. The predicted molar refractivity (Wildman–Crippen MR) is 57.7 cm³/mol. The van der Waals surface area contributed by atoms with E-state index in [0.717, 1.165) is 14.3 Å². The van der Waals surface area contributed by atoms with Crippen molar-refractivity contribution >= 4 is 15.7 Å². The number of benzene rings is 1. The van der Waals surface area contributed by atoms with Gasteiger partial charge in [0, 0.05) is 6.42 Å². The number of rotatable bonds is 2. The molecule has 1 heterocycles. The van der Waals surface area contributed by atoms with Gasteiger partial charge >= 0.3 is 0 Å². The molecular weight excluding hydrogens is 182 g/mol. The molecule has 12 heavy (non-hydrogen) atoms. The molecule has 0 fully saturated rings. The average molecular weight is 192 g/mol. The van der Waals surface area contributed by atoms with Crippen molar-refractivity contribution in [1.29, 1.82) is 0 Å². The first kappa shape index (κ1) is 8.05. The lowest BCUT2D eigenvalue weighted by molar-refractivity contribution is 1.24. The van der Waals surface area contributed by atoms with Gasteiger partial charge in [-0.15, -0.1) is 7.87 Å². The van der Waals surface area contributed by atoms with Crippen LogP contribution in [0.3, 0.4) is 0 Å². The summed E-state index contributed by atoms with van der Waals surface area (Å²) in [6.07, 6.45) is 1.14. The molecule has 0 nitrogen and oxygen atoms in total. The Morgan fingerprint density at radius 1 is 1.08 bits per heavy atom. The topological polar surface area (TPSA) is 0 Å². The monoisotopic (exact) mass is 192 g/mol. The molecule has 0 radical (unpaired) electrons. The minimum Gasteiger partial charge on any atom is -0.107 e. The Bertz CT molecular complexity index is 324. The van der Waals surface area contributed by atoms with Crippen LogP contribution in [0, 0.1) is 0 Å². The van der Waals surface area contributed by atoms with Gasteiger partial charge in [-0.05, 0) is 22.7 Å². The fraction of sp³-hybridized carbons (Fsp3) is 0.100. The van der Waals surface area contributed by atoms with Gasteiger partial charge in [0.05, 0.1) is 0 Å². The summed E-state index contributed by atoms with van der Waals surface area (Å²) in [5.41, 5.74) is 1.43. The van der Waals surface area contributed by atoms with Crippen molar-refractivity contribution < 1.29 is 0 Å². The first-order valence-corrected chi connectivity index (χ1v) is 6.78. The normalized spacial score (nSPS) is 11.3. The Kier molecular flexibility index (Phi) is 2.61. The van der Waals surface area contributed by atoms with Gasteiger partial charge in [0.15, 0.2) is 0 Å². The Labute approximate surface area is 75.7 Å². The smallest absolute Gasteiger partial charge is 0.00127 e. The minimum absolute atomic E-state index is 1.00. The van der Waals surface area contributed by atoms with Crippen molar-refractivity contribution in [2.75, 3.05) is 0 Å². The van der Waals surface area contributed by atoms with Crippen molar-refractivity contribution in [3.05, 3.63) is 53.1 Å². The largest absolute Gasteiger partial charge is 0.107 e. The summed E-state index contributed by atoms with van der Waals surface area (Å²) >= 11 is 0. The maximum absolute atomic E-state index is 2.27. The van der Waals surface area contributed by atoms with Crippen molar-refractivity contribution in [1.82, 2.24) is 0 Å². The fourth-order valence-corrected chi connectivity index (χ4v) is 3.68. The van der Waals surface area contributed by atoms with Gasteiger partial charge in [0.2, 0.25) is 0 Å². The highest BCUT2D eigenvalue weighted by atomic mass is 31.8. The third-order valence-corrected chi connectivity index (χ3v) is 4.55. The highest BCUT2D eigenvalue weighted by molar-refractivity contribution is 7.90. The van der Waals surface area contributed by atoms with E-state index in [0.29, 0.717) is 0 Å². The molecule has 2 rings (SSSR count). The van der Waals surface area contributed by atoms with Gasteiger partial charge in [0.25, 0.3) is 0 Å². The molecule has 1 aromatic heterocycles. The van der Waals surface area contributed by atoms with Gasteiger partial charge in [0.1, 0.15) is 0 Å². The molecule has 1 aromatic carbocycles. The first-order valence-electron chi connectivity index (χ1n) is 3.97. The van der Waals surface area contributed by atoms with Crippen LogP contribution >= 0.6 is 15.7 Å². The third-order valence-electron chi connectivity index (χ3n) is 1.80. The molecule has 0 saturated heterocycles. The molecule has 0 aliphatic heterocycles. The van der Waals surface area contributed by atoms with E-state index in [1.807, 2.05) is 0 Å². The van der Waals surface area contributed by atoms with Crippen LogP contribution in [0.1, 0.15) is 10.9 Å². The Hall–Kier alpha value is -0.570. The predicted octanol–water partition coefficient (Wildman–Crippen LogP) is 3.89. The lowest BCUT2D eigenvalue weighted by Crippen LogP contribution is -1.81. The van der Waals surface area contributed by atoms with E-state index in [1.54, 1.807) is 5.30 Å². The van der Waals surface area contributed by atoms with Crippen LogP contribution in [0.2, 0.25) is 0 Å². The van der Waals surface area contributed by atoms with Gasteiger partial charge in [-0.25, -0.2) is 0 Å². The van der Waals surface area contributed by atoms with Crippen molar-refractivity contribution in [3.8, 4) is 0 Å². The zero-order valence-electron chi connectivity index (χ0n) is 6.70. The minimum atomic E-state index is 1.00. The molecule has 0 saturated carbocycles. The Balaban J connectivity index is 2.15. The maximum Gasteiger partial charge on any atom is 0.00127 e. The standard InChI is InChI=1S/C10H10P2/c1-2-4-9(5-3-1)8-10-6-7-11-12-10/h1-7,12H,8H2. The molecule has 0 N–H and O–H groups in total. The summed E-state index contributed by atoms with van der Waals surface area (Å²) in [6, 6.07) is 12.9. The van der Waals surface area contributed by atoms with E-state index in [2.05, 4.69) is 42.2 Å². The first-order chi connectivity index (χ1) is 5.95. The van der Waals surface area contributed by atoms with E-state index in [9.17, 15) is 0 Å². The Morgan fingerprint density at radius 2 is 1.92 bits per heavy atom. The summed E-state index contributed by atoms with van der Waals surface area (Å²) in [6.45, 7) is 0. The number of hydrogen-bond acceptors (Lipinski definition) is 0. The molecule has 1 atom stereocenters. The van der Waals surface area contributed by atoms with Gasteiger partial charge in [-0.2, -0.15) is 0 Å². The van der Waals surface area contributed by atoms with Crippen LogP contribution in [0.15, 0.2) is 42.2 Å². The molecule has 0 amide bonds.